The van der Waals surface area contributed by atoms with Gasteiger partial charge in [-0.05, 0) is 12.5 Å². The van der Waals surface area contributed by atoms with Crippen molar-refractivity contribution in [3.63, 3.8) is 0 Å². The predicted molar refractivity (Wildman–Crippen MR) is 50.2 cm³/mol. The second-order valence-electron chi connectivity index (χ2n) is 3.15. The van der Waals surface area contributed by atoms with E-state index in [0.29, 0.717) is 13.2 Å². The third-order valence-corrected chi connectivity index (χ3v) is 2.23. The fourth-order valence-corrected chi connectivity index (χ4v) is 1.45. The van der Waals surface area contributed by atoms with E-state index in [-0.39, 0.29) is 6.29 Å². The zero-order valence-corrected chi connectivity index (χ0v) is 7.62. The molecule has 0 aliphatic carbocycles. The van der Waals surface area contributed by atoms with Gasteiger partial charge in [0.25, 0.3) is 0 Å². The first-order valence-electron chi connectivity index (χ1n) is 4.37. The highest BCUT2D eigenvalue weighted by Gasteiger charge is 2.20. The molecule has 1 aliphatic heterocycles. The maximum absolute atomic E-state index is 5.90. The van der Waals surface area contributed by atoms with E-state index in [2.05, 4.69) is 0 Å². The van der Waals surface area contributed by atoms with Crippen LogP contribution < -0.4 is 5.73 Å². The standard InChI is InChI=1S/C10H13NO2/c1-7-3-2-4-8(9(7)11)10-12-5-6-13-10/h2-4,10H,5-6,11H2,1H3. The van der Waals surface area contributed by atoms with Crippen LogP contribution in [0.5, 0.6) is 0 Å². The summed E-state index contributed by atoms with van der Waals surface area (Å²) in [5.41, 5.74) is 8.68. The van der Waals surface area contributed by atoms with E-state index in [1.54, 1.807) is 0 Å². The van der Waals surface area contributed by atoms with Crippen molar-refractivity contribution in [1.82, 2.24) is 0 Å². The minimum absolute atomic E-state index is 0.264. The molecule has 1 heterocycles. The smallest absolute Gasteiger partial charge is 0.186 e. The summed E-state index contributed by atoms with van der Waals surface area (Å²) in [6, 6.07) is 5.89. The SMILES string of the molecule is Cc1cccc(C2OCCO2)c1N. The number of para-hydroxylation sites is 1. The number of nitrogens with two attached hydrogens (primary N) is 1. The number of aryl methyl sites for hydroxylation is 1. The van der Waals surface area contributed by atoms with E-state index < -0.39 is 0 Å². The first kappa shape index (κ1) is 8.53. The van der Waals surface area contributed by atoms with Crippen molar-refractivity contribution in [1.29, 1.82) is 0 Å². The lowest BCUT2D eigenvalue weighted by molar-refractivity contribution is -0.0435. The fraction of sp³-hybridized carbons (Fsp3) is 0.400. The largest absolute Gasteiger partial charge is 0.398 e. The maximum Gasteiger partial charge on any atom is 0.186 e. The summed E-state index contributed by atoms with van der Waals surface area (Å²) in [7, 11) is 0. The second-order valence-corrected chi connectivity index (χ2v) is 3.15. The van der Waals surface area contributed by atoms with Gasteiger partial charge in [-0.3, -0.25) is 0 Å². The van der Waals surface area contributed by atoms with Gasteiger partial charge in [-0.15, -0.1) is 0 Å². The number of hydrogen-bond acceptors (Lipinski definition) is 3. The minimum atomic E-state index is -0.264. The summed E-state index contributed by atoms with van der Waals surface area (Å²) in [5, 5.41) is 0. The Morgan fingerprint density at radius 2 is 2.00 bits per heavy atom. The van der Waals surface area contributed by atoms with Crippen LogP contribution >= 0.6 is 0 Å². The molecule has 0 aromatic heterocycles. The van der Waals surface area contributed by atoms with Crippen LogP contribution in [-0.4, -0.2) is 13.2 Å². The summed E-state index contributed by atoms with van der Waals surface area (Å²) >= 11 is 0. The number of nitrogen functional groups attached to an aromatic ring is 1. The summed E-state index contributed by atoms with van der Waals surface area (Å²) in [6.07, 6.45) is -0.264. The van der Waals surface area contributed by atoms with Crippen molar-refractivity contribution in [2.75, 3.05) is 18.9 Å². The third-order valence-electron chi connectivity index (χ3n) is 2.23. The van der Waals surface area contributed by atoms with Crippen LogP contribution in [0.4, 0.5) is 5.69 Å². The Bertz CT molecular complexity index is 306. The molecule has 0 radical (unpaired) electrons. The van der Waals surface area contributed by atoms with Crippen molar-refractivity contribution < 1.29 is 9.47 Å². The highest BCUT2D eigenvalue weighted by molar-refractivity contribution is 5.53. The molecule has 3 heteroatoms. The van der Waals surface area contributed by atoms with Crippen LogP contribution in [0.1, 0.15) is 17.4 Å². The van der Waals surface area contributed by atoms with Crippen molar-refractivity contribution in [2.24, 2.45) is 0 Å². The van der Waals surface area contributed by atoms with E-state index >= 15 is 0 Å². The summed E-state index contributed by atoms with van der Waals surface area (Å²) in [5.74, 6) is 0. The van der Waals surface area contributed by atoms with Gasteiger partial charge in [0, 0.05) is 11.3 Å². The quantitative estimate of drug-likeness (QED) is 0.666. The summed E-state index contributed by atoms with van der Waals surface area (Å²) < 4.78 is 10.7. The Balaban J connectivity index is 2.33. The van der Waals surface area contributed by atoms with E-state index in [0.717, 1.165) is 16.8 Å². The van der Waals surface area contributed by atoms with Gasteiger partial charge in [0.2, 0.25) is 0 Å². The van der Waals surface area contributed by atoms with E-state index in [9.17, 15) is 0 Å². The average Bonchev–Trinajstić information content (AvgIpc) is 2.62. The zero-order valence-electron chi connectivity index (χ0n) is 7.62. The lowest BCUT2D eigenvalue weighted by atomic mass is 10.1. The van der Waals surface area contributed by atoms with Gasteiger partial charge in [0.1, 0.15) is 0 Å². The lowest BCUT2D eigenvalue weighted by Gasteiger charge is -2.13. The van der Waals surface area contributed by atoms with Crippen LogP contribution in [-0.2, 0) is 9.47 Å². The number of benzene rings is 1. The number of rotatable bonds is 1. The molecule has 70 valence electrons. The van der Waals surface area contributed by atoms with Crippen molar-refractivity contribution in [2.45, 2.75) is 13.2 Å². The topological polar surface area (TPSA) is 44.5 Å². The Kier molecular flexibility index (Phi) is 2.20. The highest BCUT2D eigenvalue weighted by Crippen LogP contribution is 2.29. The zero-order chi connectivity index (χ0) is 9.26. The van der Waals surface area contributed by atoms with Gasteiger partial charge in [0.15, 0.2) is 6.29 Å². The van der Waals surface area contributed by atoms with Gasteiger partial charge in [-0.1, -0.05) is 18.2 Å². The van der Waals surface area contributed by atoms with Crippen molar-refractivity contribution in [3.05, 3.63) is 29.3 Å². The summed E-state index contributed by atoms with van der Waals surface area (Å²) in [6.45, 7) is 3.28. The van der Waals surface area contributed by atoms with Gasteiger partial charge < -0.3 is 15.2 Å². The van der Waals surface area contributed by atoms with Crippen LogP contribution in [0, 0.1) is 6.92 Å². The summed E-state index contributed by atoms with van der Waals surface area (Å²) in [4.78, 5) is 0. The molecule has 0 unspecified atom stereocenters. The van der Waals surface area contributed by atoms with E-state index in [4.69, 9.17) is 15.2 Å². The van der Waals surface area contributed by atoms with E-state index in [1.807, 2.05) is 25.1 Å². The Hall–Kier alpha value is -1.06. The van der Waals surface area contributed by atoms with Gasteiger partial charge in [-0.2, -0.15) is 0 Å². The van der Waals surface area contributed by atoms with Crippen molar-refractivity contribution in [3.8, 4) is 0 Å². The normalized spacial score (nSPS) is 17.9. The monoisotopic (exact) mass is 179 g/mol. The number of ether oxygens (including phenoxy) is 2. The number of hydrogen-bond donors (Lipinski definition) is 1. The molecule has 2 rings (SSSR count). The van der Waals surface area contributed by atoms with Crippen LogP contribution in [0.15, 0.2) is 18.2 Å². The lowest BCUT2D eigenvalue weighted by Crippen LogP contribution is -2.04. The molecule has 1 aromatic rings. The molecule has 1 fully saturated rings. The van der Waals surface area contributed by atoms with Crippen molar-refractivity contribution >= 4 is 5.69 Å². The maximum atomic E-state index is 5.90. The Morgan fingerprint density at radius 1 is 1.31 bits per heavy atom. The first-order chi connectivity index (χ1) is 6.29. The number of anilines is 1. The van der Waals surface area contributed by atoms with Gasteiger partial charge in [0.05, 0.1) is 13.2 Å². The fourth-order valence-electron chi connectivity index (χ4n) is 1.45. The molecule has 1 aliphatic rings. The molecule has 1 aromatic carbocycles. The molecule has 13 heavy (non-hydrogen) atoms. The highest BCUT2D eigenvalue weighted by atomic mass is 16.7. The molecule has 3 nitrogen and oxygen atoms in total. The van der Waals surface area contributed by atoms with Gasteiger partial charge >= 0.3 is 0 Å². The van der Waals surface area contributed by atoms with Crippen LogP contribution in [0.2, 0.25) is 0 Å². The molecule has 2 N–H and O–H groups in total. The molecule has 0 spiro atoms. The van der Waals surface area contributed by atoms with Gasteiger partial charge in [-0.25, -0.2) is 0 Å². The molecule has 0 bridgehead atoms. The van der Waals surface area contributed by atoms with E-state index in [1.165, 1.54) is 0 Å². The Morgan fingerprint density at radius 3 is 2.69 bits per heavy atom. The molecular weight excluding hydrogens is 166 g/mol. The molecule has 1 saturated heterocycles. The predicted octanol–water partition coefficient (Wildman–Crippen LogP) is 1.62. The molecular formula is C10H13NO2. The third kappa shape index (κ3) is 1.53. The average molecular weight is 179 g/mol. The second kappa shape index (κ2) is 3.36. The van der Waals surface area contributed by atoms with Crippen LogP contribution in [0.25, 0.3) is 0 Å². The Labute approximate surface area is 77.5 Å². The molecule has 0 atom stereocenters. The first-order valence-corrected chi connectivity index (χ1v) is 4.37. The van der Waals surface area contributed by atoms with Crippen LogP contribution in [0.3, 0.4) is 0 Å². The molecule has 0 amide bonds. The minimum Gasteiger partial charge on any atom is -0.398 e. The molecule has 0 saturated carbocycles.